The molecule has 2 N–H and O–H groups in total. The van der Waals surface area contributed by atoms with Crippen molar-refractivity contribution in [2.45, 2.75) is 19.4 Å². The summed E-state index contributed by atoms with van der Waals surface area (Å²) in [5.74, 6) is 6.09. The van der Waals surface area contributed by atoms with Crippen molar-refractivity contribution in [1.29, 1.82) is 0 Å². The molecule has 1 atom stereocenters. The minimum atomic E-state index is -0.236. The van der Waals surface area contributed by atoms with Gasteiger partial charge in [0.2, 0.25) is 0 Å². The van der Waals surface area contributed by atoms with Crippen molar-refractivity contribution >= 4 is 0 Å². The van der Waals surface area contributed by atoms with Crippen LogP contribution < -0.4 is 5.32 Å². The quantitative estimate of drug-likeness (QED) is 0.572. The molecule has 2 heteroatoms. The van der Waals surface area contributed by atoms with Gasteiger partial charge < -0.3 is 10.4 Å². The summed E-state index contributed by atoms with van der Waals surface area (Å²) in [5.41, 5.74) is 1.04. The molecule has 0 aromatic heterocycles. The van der Waals surface area contributed by atoms with Crippen LogP contribution >= 0.6 is 0 Å². The van der Waals surface area contributed by atoms with Crippen LogP contribution in [0.3, 0.4) is 0 Å². The summed E-state index contributed by atoms with van der Waals surface area (Å²) in [6.07, 6.45) is 0.534. The molecule has 0 saturated carbocycles. The van der Waals surface area contributed by atoms with E-state index >= 15 is 0 Å². The second-order valence-corrected chi connectivity index (χ2v) is 3.48. The largest absolute Gasteiger partial charge is 0.393 e. The van der Waals surface area contributed by atoms with E-state index in [2.05, 4.69) is 17.2 Å². The maximum Gasteiger partial charge on any atom is 0.0580 e. The van der Waals surface area contributed by atoms with Gasteiger partial charge in [0.05, 0.1) is 12.6 Å². The molecule has 0 bridgehead atoms. The Morgan fingerprint density at radius 3 is 2.73 bits per heavy atom. The SMILES string of the molecule is CC(O)CCNCC#Cc1ccccc1. The lowest BCUT2D eigenvalue weighted by Gasteiger charge is -2.02. The predicted molar refractivity (Wildman–Crippen MR) is 62.5 cm³/mol. The van der Waals surface area contributed by atoms with Crippen LogP contribution in [0.25, 0.3) is 0 Å². The van der Waals surface area contributed by atoms with Crippen molar-refractivity contribution < 1.29 is 5.11 Å². The Balaban J connectivity index is 2.18. The molecule has 0 aliphatic heterocycles. The molecule has 1 rings (SSSR count). The van der Waals surface area contributed by atoms with Crippen LogP contribution in [0, 0.1) is 11.8 Å². The second kappa shape index (κ2) is 7.05. The maximum absolute atomic E-state index is 9.01. The van der Waals surface area contributed by atoms with Gasteiger partial charge in [-0.3, -0.25) is 0 Å². The molecule has 0 spiro atoms. The zero-order valence-electron chi connectivity index (χ0n) is 9.03. The third-order valence-electron chi connectivity index (χ3n) is 1.96. The van der Waals surface area contributed by atoms with E-state index < -0.39 is 0 Å². The van der Waals surface area contributed by atoms with E-state index in [1.807, 2.05) is 30.3 Å². The molecule has 15 heavy (non-hydrogen) atoms. The van der Waals surface area contributed by atoms with Gasteiger partial charge in [0.1, 0.15) is 0 Å². The minimum absolute atomic E-state index is 0.236. The van der Waals surface area contributed by atoms with Gasteiger partial charge in [0.15, 0.2) is 0 Å². The highest BCUT2D eigenvalue weighted by Crippen LogP contribution is 1.94. The molecule has 0 radical (unpaired) electrons. The lowest BCUT2D eigenvalue weighted by Crippen LogP contribution is -2.19. The fourth-order valence-electron chi connectivity index (χ4n) is 1.13. The molecule has 0 heterocycles. The van der Waals surface area contributed by atoms with E-state index in [9.17, 15) is 0 Å². The normalized spacial score (nSPS) is 11.6. The monoisotopic (exact) mass is 203 g/mol. The Kier molecular flexibility index (Phi) is 5.54. The van der Waals surface area contributed by atoms with Crippen molar-refractivity contribution in [3.05, 3.63) is 35.9 Å². The summed E-state index contributed by atoms with van der Waals surface area (Å²) < 4.78 is 0. The summed E-state index contributed by atoms with van der Waals surface area (Å²) in [6.45, 7) is 3.26. The van der Waals surface area contributed by atoms with Crippen molar-refractivity contribution in [2.75, 3.05) is 13.1 Å². The van der Waals surface area contributed by atoms with Crippen LogP contribution in [-0.4, -0.2) is 24.3 Å². The molecule has 1 unspecified atom stereocenters. The first-order valence-electron chi connectivity index (χ1n) is 5.22. The minimum Gasteiger partial charge on any atom is -0.393 e. The van der Waals surface area contributed by atoms with Gasteiger partial charge in [-0.05, 0) is 32.0 Å². The van der Waals surface area contributed by atoms with Crippen molar-refractivity contribution in [2.24, 2.45) is 0 Å². The van der Waals surface area contributed by atoms with Gasteiger partial charge in [0, 0.05) is 5.56 Å². The number of nitrogens with one attached hydrogen (secondary N) is 1. The van der Waals surface area contributed by atoms with Crippen molar-refractivity contribution in [3.63, 3.8) is 0 Å². The van der Waals surface area contributed by atoms with E-state index in [1.165, 1.54) is 0 Å². The predicted octanol–water partition coefficient (Wildman–Crippen LogP) is 1.40. The molecule has 1 aromatic carbocycles. The molecular weight excluding hydrogens is 186 g/mol. The first kappa shape index (κ1) is 11.8. The first-order chi connectivity index (χ1) is 7.29. The van der Waals surface area contributed by atoms with Crippen LogP contribution in [-0.2, 0) is 0 Å². The topological polar surface area (TPSA) is 32.3 Å². The summed E-state index contributed by atoms with van der Waals surface area (Å²) in [6, 6.07) is 9.91. The number of rotatable bonds is 4. The molecule has 0 saturated heterocycles. The first-order valence-corrected chi connectivity index (χ1v) is 5.22. The number of aliphatic hydroxyl groups excluding tert-OH is 1. The average Bonchev–Trinajstić information content (AvgIpc) is 2.24. The average molecular weight is 203 g/mol. The highest BCUT2D eigenvalue weighted by molar-refractivity contribution is 5.33. The van der Waals surface area contributed by atoms with Gasteiger partial charge in [-0.25, -0.2) is 0 Å². The Morgan fingerprint density at radius 2 is 2.07 bits per heavy atom. The van der Waals surface area contributed by atoms with E-state index in [0.29, 0.717) is 6.54 Å². The molecule has 0 amide bonds. The third kappa shape index (κ3) is 5.90. The number of hydrogen-bond donors (Lipinski definition) is 2. The van der Waals surface area contributed by atoms with Crippen LogP contribution in [0.15, 0.2) is 30.3 Å². The lowest BCUT2D eigenvalue weighted by molar-refractivity contribution is 0.184. The molecule has 80 valence electrons. The highest BCUT2D eigenvalue weighted by Gasteiger charge is 1.92. The Morgan fingerprint density at radius 1 is 1.33 bits per heavy atom. The van der Waals surface area contributed by atoms with Crippen LogP contribution in [0.2, 0.25) is 0 Å². The van der Waals surface area contributed by atoms with Crippen molar-refractivity contribution in [1.82, 2.24) is 5.32 Å². The van der Waals surface area contributed by atoms with E-state index in [-0.39, 0.29) is 6.10 Å². The van der Waals surface area contributed by atoms with Gasteiger partial charge in [-0.15, -0.1) is 0 Å². The maximum atomic E-state index is 9.01. The molecule has 0 aliphatic rings. The standard InChI is InChI=1S/C13H17NO/c1-12(15)9-11-14-10-5-8-13-6-3-2-4-7-13/h2-4,6-7,12,14-15H,9-11H2,1H3. The molecule has 0 aliphatic carbocycles. The fraction of sp³-hybridized carbons (Fsp3) is 0.385. The van der Waals surface area contributed by atoms with Gasteiger partial charge >= 0.3 is 0 Å². The fourth-order valence-corrected chi connectivity index (χ4v) is 1.13. The molecule has 1 aromatic rings. The zero-order chi connectivity index (χ0) is 10.9. The Bertz CT molecular complexity index is 321. The molecule has 0 fully saturated rings. The zero-order valence-corrected chi connectivity index (χ0v) is 9.03. The summed E-state index contributed by atoms with van der Waals surface area (Å²) >= 11 is 0. The number of aliphatic hydroxyl groups is 1. The lowest BCUT2D eigenvalue weighted by atomic mass is 10.2. The Hall–Kier alpha value is -1.30. The summed E-state index contributed by atoms with van der Waals surface area (Å²) in [7, 11) is 0. The molecule has 2 nitrogen and oxygen atoms in total. The second-order valence-electron chi connectivity index (χ2n) is 3.48. The van der Waals surface area contributed by atoms with Crippen LogP contribution in [0.4, 0.5) is 0 Å². The van der Waals surface area contributed by atoms with Crippen LogP contribution in [0.1, 0.15) is 18.9 Å². The summed E-state index contributed by atoms with van der Waals surface area (Å²) in [4.78, 5) is 0. The van der Waals surface area contributed by atoms with Gasteiger partial charge in [-0.1, -0.05) is 30.0 Å². The molecular formula is C13H17NO. The highest BCUT2D eigenvalue weighted by atomic mass is 16.3. The number of benzene rings is 1. The number of hydrogen-bond acceptors (Lipinski definition) is 2. The van der Waals surface area contributed by atoms with Gasteiger partial charge in [0.25, 0.3) is 0 Å². The van der Waals surface area contributed by atoms with Crippen LogP contribution in [0.5, 0.6) is 0 Å². The smallest absolute Gasteiger partial charge is 0.0580 e. The van der Waals surface area contributed by atoms with Crippen molar-refractivity contribution in [3.8, 4) is 11.8 Å². The van der Waals surface area contributed by atoms with E-state index in [0.717, 1.165) is 18.5 Å². The summed E-state index contributed by atoms with van der Waals surface area (Å²) in [5, 5.41) is 12.2. The Labute approximate surface area is 91.3 Å². The van der Waals surface area contributed by atoms with Gasteiger partial charge in [-0.2, -0.15) is 0 Å². The third-order valence-corrected chi connectivity index (χ3v) is 1.96. The van der Waals surface area contributed by atoms with E-state index in [1.54, 1.807) is 6.92 Å². The van der Waals surface area contributed by atoms with E-state index in [4.69, 9.17) is 5.11 Å².